The highest BCUT2D eigenvalue weighted by Crippen LogP contribution is 2.23. The van der Waals surface area contributed by atoms with Crippen molar-refractivity contribution in [3.05, 3.63) is 72.3 Å². The number of aromatic nitrogens is 3. The third-order valence-electron chi connectivity index (χ3n) is 5.11. The fraction of sp³-hybridized carbons (Fsp3) is 0.286. The van der Waals surface area contributed by atoms with Crippen molar-refractivity contribution in [2.24, 2.45) is 0 Å². The molecule has 2 aromatic carbocycles. The molecule has 8 nitrogen and oxygen atoms in total. The van der Waals surface area contributed by atoms with E-state index in [4.69, 9.17) is 0 Å². The number of carbonyl (C=O) groups excluding carboxylic acids is 1. The molecule has 1 aromatic heterocycles. The minimum absolute atomic E-state index is 0.0680. The Bertz CT molecular complexity index is 1090. The number of nitrogens with zero attached hydrogens (tertiary/aromatic N) is 4. The van der Waals surface area contributed by atoms with E-state index in [0.29, 0.717) is 11.3 Å². The predicted molar refractivity (Wildman–Crippen MR) is 115 cm³/mol. The molecule has 0 bridgehead atoms. The molecule has 1 amide bonds. The quantitative estimate of drug-likeness (QED) is 0.625. The van der Waals surface area contributed by atoms with E-state index < -0.39 is 10.0 Å². The molecule has 0 aliphatic rings. The van der Waals surface area contributed by atoms with Gasteiger partial charge in [-0.2, -0.15) is 5.10 Å². The highest BCUT2D eigenvalue weighted by Gasteiger charge is 2.22. The molecule has 9 heteroatoms. The molecule has 0 saturated carbocycles. The normalized spacial score (nSPS) is 13.5. The largest absolute Gasteiger partial charge is 0.347 e. The van der Waals surface area contributed by atoms with Crippen molar-refractivity contribution in [3.8, 4) is 0 Å². The van der Waals surface area contributed by atoms with Gasteiger partial charge in [0.2, 0.25) is 0 Å². The number of nitrogens with one attached hydrogen (secondary N) is 1. The standard InChI is InChI=1S/C21H25N5O3S/c1-15-5-11-20(12-6-15)30(28,29)25(4)19-9-7-18(8-10-19)21(27)24-16(2)17(3)26-14-22-13-23-26/h5-14,16-17H,1-4H3,(H,24,27). The number of anilines is 1. The van der Waals surface area contributed by atoms with Crippen molar-refractivity contribution < 1.29 is 13.2 Å². The molecule has 1 heterocycles. The number of hydrogen-bond donors (Lipinski definition) is 1. The zero-order valence-corrected chi connectivity index (χ0v) is 18.2. The predicted octanol–water partition coefficient (Wildman–Crippen LogP) is 2.79. The number of sulfonamides is 1. The summed E-state index contributed by atoms with van der Waals surface area (Å²) in [7, 11) is -2.19. The summed E-state index contributed by atoms with van der Waals surface area (Å²) < 4.78 is 28.5. The van der Waals surface area contributed by atoms with E-state index in [2.05, 4.69) is 15.4 Å². The van der Waals surface area contributed by atoms with Gasteiger partial charge in [0.25, 0.3) is 15.9 Å². The van der Waals surface area contributed by atoms with Gasteiger partial charge in [0.1, 0.15) is 12.7 Å². The molecule has 158 valence electrons. The summed E-state index contributed by atoms with van der Waals surface area (Å²) >= 11 is 0. The van der Waals surface area contributed by atoms with E-state index in [-0.39, 0.29) is 22.9 Å². The summed E-state index contributed by atoms with van der Waals surface area (Å²) in [5.41, 5.74) is 1.90. The van der Waals surface area contributed by atoms with Crippen LogP contribution in [0.1, 0.15) is 35.8 Å². The Morgan fingerprint density at radius 3 is 2.27 bits per heavy atom. The minimum Gasteiger partial charge on any atom is -0.347 e. The van der Waals surface area contributed by atoms with Crippen molar-refractivity contribution >= 4 is 21.6 Å². The second-order valence-corrected chi connectivity index (χ2v) is 9.18. The lowest BCUT2D eigenvalue weighted by atomic mass is 10.1. The lowest BCUT2D eigenvalue weighted by Crippen LogP contribution is -2.38. The summed E-state index contributed by atoms with van der Waals surface area (Å²) in [6.07, 6.45) is 3.05. The van der Waals surface area contributed by atoms with Crippen LogP contribution in [0.4, 0.5) is 5.69 Å². The molecule has 2 unspecified atom stereocenters. The molecule has 0 saturated heterocycles. The first kappa shape index (κ1) is 21.5. The van der Waals surface area contributed by atoms with Crippen LogP contribution >= 0.6 is 0 Å². The number of amides is 1. The number of carbonyl (C=O) groups is 1. The zero-order chi connectivity index (χ0) is 21.9. The molecule has 0 aliphatic heterocycles. The first-order valence-corrected chi connectivity index (χ1v) is 10.9. The van der Waals surface area contributed by atoms with Crippen LogP contribution in [0.3, 0.4) is 0 Å². The molecular formula is C21H25N5O3S. The molecule has 0 fully saturated rings. The Hall–Kier alpha value is -3.20. The Morgan fingerprint density at radius 1 is 1.07 bits per heavy atom. The summed E-state index contributed by atoms with van der Waals surface area (Å²) in [4.78, 5) is 16.7. The van der Waals surface area contributed by atoms with Crippen LogP contribution in [0.25, 0.3) is 0 Å². The topological polar surface area (TPSA) is 97.2 Å². The number of benzene rings is 2. The van der Waals surface area contributed by atoms with Crippen LogP contribution in [0.2, 0.25) is 0 Å². The average Bonchev–Trinajstić information content (AvgIpc) is 3.27. The van der Waals surface area contributed by atoms with E-state index in [9.17, 15) is 13.2 Å². The maximum Gasteiger partial charge on any atom is 0.264 e. The van der Waals surface area contributed by atoms with Gasteiger partial charge in [-0.05, 0) is 57.2 Å². The lowest BCUT2D eigenvalue weighted by Gasteiger charge is -2.22. The maximum atomic E-state index is 12.8. The summed E-state index contributed by atoms with van der Waals surface area (Å²) in [6.45, 7) is 5.73. The van der Waals surface area contributed by atoms with Crippen LogP contribution in [0.15, 0.2) is 66.1 Å². The van der Waals surface area contributed by atoms with E-state index in [1.165, 1.54) is 17.7 Å². The van der Waals surface area contributed by atoms with Crippen molar-refractivity contribution in [1.29, 1.82) is 0 Å². The fourth-order valence-electron chi connectivity index (χ4n) is 2.90. The third kappa shape index (κ3) is 4.51. The van der Waals surface area contributed by atoms with Crippen LogP contribution in [0, 0.1) is 6.92 Å². The number of rotatable bonds is 7. The van der Waals surface area contributed by atoms with E-state index >= 15 is 0 Å². The molecule has 2 atom stereocenters. The highest BCUT2D eigenvalue weighted by molar-refractivity contribution is 7.92. The molecule has 0 aliphatic carbocycles. The van der Waals surface area contributed by atoms with Crippen LogP contribution in [0.5, 0.6) is 0 Å². The van der Waals surface area contributed by atoms with E-state index in [1.807, 2.05) is 20.8 Å². The first-order valence-electron chi connectivity index (χ1n) is 9.51. The van der Waals surface area contributed by atoms with Crippen LogP contribution < -0.4 is 9.62 Å². The average molecular weight is 428 g/mol. The van der Waals surface area contributed by atoms with E-state index in [0.717, 1.165) is 5.56 Å². The molecule has 0 spiro atoms. The van der Waals surface area contributed by atoms with Crippen molar-refractivity contribution in [1.82, 2.24) is 20.1 Å². The van der Waals surface area contributed by atoms with Crippen molar-refractivity contribution in [2.75, 3.05) is 11.4 Å². The lowest BCUT2D eigenvalue weighted by molar-refractivity contribution is 0.0928. The van der Waals surface area contributed by atoms with Gasteiger partial charge in [0, 0.05) is 18.7 Å². The molecule has 3 rings (SSSR count). The Labute approximate surface area is 176 Å². The fourth-order valence-corrected chi connectivity index (χ4v) is 4.09. The SMILES string of the molecule is Cc1ccc(S(=O)(=O)N(C)c2ccc(C(=O)NC(C)C(C)n3cncn3)cc2)cc1. The van der Waals surface area contributed by atoms with Gasteiger partial charge in [0.15, 0.2) is 0 Å². The van der Waals surface area contributed by atoms with Crippen LogP contribution in [-0.4, -0.2) is 42.2 Å². The van der Waals surface area contributed by atoms with E-state index in [1.54, 1.807) is 59.5 Å². The highest BCUT2D eigenvalue weighted by atomic mass is 32.2. The molecule has 1 N–H and O–H groups in total. The van der Waals surface area contributed by atoms with Gasteiger partial charge in [-0.25, -0.2) is 18.1 Å². The Balaban J connectivity index is 1.70. The van der Waals surface area contributed by atoms with Crippen LogP contribution in [-0.2, 0) is 10.0 Å². The monoisotopic (exact) mass is 427 g/mol. The summed E-state index contributed by atoms with van der Waals surface area (Å²) in [6, 6.07) is 12.9. The van der Waals surface area contributed by atoms with Gasteiger partial charge in [-0.15, -0.1) is 0 Å². The number of hydrogen-bond acceptors (Lipinski definition) is 5. The van der Waals surface area contributed by atoms with Gasteiger partial charge >= 0.3 is 0 Å². The van der Waals surface area contributed by atoms with Gasteiger partial charge in [-0.3, -0.25) is 9.10 Å². The van der Waals surface area contributed by atoms with Gasteiger partial charge < -0.3 is 5.32 Å². The van der Waals surface area contributed by atoms with Gasteiger partial charge in [-0.1, -0.05) is 17.7 Å². The third-order valence-corrected chi connectivity index (χ3v) is 6.91. The van der Waals surface area contributed by atoms with Crippen molar-refractivity contribution in [3.63, 3.8) is 0 Å². The Kier molecular flexibility index (Phi) is 6.21. The molecule has 3 aromatic rings. The smallest absolute Gasteiger partial charge is 0.264 e. The molecule has 30 heavy (non-hydrogen) atoms. The van der Waals surface area contributed by atoms with Crippen molar-refractivity contribution in [2.45, 2.75) is 37.8 Å². The molecular weight excluding hydrogens is 402 g/mol. The second-order valence-electron chi connectivity index (χ2n) is 7.21. The zero-order valence-electron chi connectivity index (χ0n) is 17.4. The minimum atomic E-state index is -3.68. The van der Waals surface area contributed by atoms with Gasteiger partial charge in [0.05, 0.1) is 16.6 Å². The summed E-state index contributed by atoms with van der Waals surface area (Å²) in [5, 5.41) is 7.03. The molecule has 0 radical (unpaired) electrons. The maximum absolute atomic E-state index is 12.8. The Morgan fingerprint density at radius 2 is 1.70 bits per heavy atom. The number of aryl methyl sites for hydroxylation is 1. The first-order chi connectivity index (χ1) is 14.2. The second kappa shape index (κ2) is 8.66. The summed E-state index contributed by atoms with van der Waals surface area (Å²) in [5.74, 6) is -0.245.